The Morgan fingerprint density at radius 3 is 2.17 bits per heavy atom. The number of benzene rings is 1. The Labute approximate surface area is 144 Å². The van der Waals surface area contributed by atoms with E-state index in [0.717, 1.165) is 44.2 Å². The van der Waals surface area contributed by atoms with Crippen molar-refractivity contribution in [1.29, 1.82) is 0 Å². The number of rotatable bonds is 5. The van der Waals surface area contributed by atoms with E-state index in [4.69, 9.17) is 18.9 Å². The van der Waals surface area contributed by atoms with Gasteiger partial charge in [0.15, 0.2) is 6.29 Å². The van der Waals surface area contributed by atoms with Crippen molar-refractivity contribution < 1.29 is 18.9 Å². The molecule has 1 aromatic rings. The minimum Gasteiger partial charge on any atom is -0.492 e. The first-order chi connectivity index (χ1) is 11.4. The smallest absolute Gasteiger partial charge is 0.185 e. The first-order valence-corrected chi connectivity index (χ1v) is 8.76. The first kappa shape index (κ1) is 17.7. The second-order valence-electron chi connectivity index (χ2n) is 7.46. The Balaban J connectivity index is 1.50. The summed E-state index contributed by atoms with van der Waals surface area (Å²) in [5.41, 5.74) is 0.393. The second kappa shape index (κ2) is 7.00. The quantitative estimate of drug-likeness (QED) is 0.827. The molecule has 2 heterocycles. The molecular weight excluding hydrogens is 306 g/mol. The average molecular weight is 335 g/mol. The zero-order valence-electron chi connectivity index (χ0n) is 15.2. The fourth-order valence-electron chi connectivity index (χ4n) is 2.82. The van der Waals surface area contributed by atoms with Crippen molar-refractivity contribution in [3.05, 3.63) is 29.8 Å². The summed E-state index contributed by atoms with van der Waals surface area (Å²) in [7, 11) is 0. The summed E-state index contributed by atoms with van der Waals surface area (Å²) in [6, 6.07) is 8.01. The van der Waals surface area contributed by atoms with Gasteiger partial charge in [-0.05, 0) is 39.8 Å². The van der Waals surface area contributed by atoms with Gasteiger partial charge >= 0.3 is 0 Å². The van der Waals surface area contributed by atoms with E-state index in [-0.39, 0.29) is 17.5 Å². The molecule has 2 aliphatic heterocycles. The lowest BCUT2D eigenvalue weighted by Crippen LogP contribution is -2.41. The van der Waals surface area contributed by atoms with E-state index >= 15 is 0 Å². The molecule has 0 unspecified atom stereocenters. The highest BCUT2D eigenvalue weighted by Crippen LogP contribution is 2.44. The van der Waals surface area contributed by atoms with Crippen molar-refractivity contribution in [3.8, 4) is 5.75 Å². The summed E-state index contributed by atoms with van der Waals surface area (Å²) in [5.74, 6) is 0.878. The van der Waals surface area contributed by atoms with Crippen LogP contribution in [0.5, 0.6) is 5.75 Å². The third kappa shape index (κ3) is 3.91. The van der Waals surface area contributed by atoms with Gasteiger partial charge in [0.05, 0.1) is 24.4 Å². The van der Waals surface area contributed by atoms with Crippen molar-refractivity contribution in [2.24, 2.45) is 0 Å². The Bertz CT molecular complexity index is 519. The van der Waals surface area contributed by atoms with E-state index in [0.29, 0.717) is 6.61 Å². The number of hydrogen-bond donors (Lipinski definition) is 0. The van der Waals surface area contributed by atoms with Gasteiger partial charge in [-0.15, -0.1) is 0 Å². The fraction of sp³-hybridized carbons (Fsp3) is 0.684. The molecule has 134 valence electrons. The molecule has 0 N–H and O–H groups in total. The molecule has 2 saturated heterocycles. The SMILES string of the molecule is CC1(C)OC(c2ccc(OCCN3CCOCC3)cc2)OC1(C)C. The molecule has 0 aliphatic carbocycles. The molecule has 5 nitrogen and oxygen atoms in total. The molecule has 0 radical (unpaired) electrons. The lowest BCUT2D eigenvalue weighted by Gasteiger charge is -2.30. The normalized spacial score (nSPS) is 24.2. The highest BCUT2D eigenvalue weighted by Gasteiger charge is 2.49. The molecule has 0 aromatic heterocycles. The van der Waals surface area contributed by atoms with E-state index in [1.54, 1.807) is 0 Å². The van der Waals surface area contributed by atoms with Gasteiger partial charge in [0.1, 0.15) is 12.4 Å². The Kier molecular flexibility index (Phi) is 5.16. The zero-order chi connectivity index (χ0) is 17.2. The van der Waals surface area contributed by atoms with E-state index in [2.05, 4.69) is 32.6 Å². The monoisotopic (exact) mass is 335 g/mol. The van der Waals surface area contributed by atoms with Crippen LogP contribution < -0.4 is 4.74 Å². The predicted molar refractivity (Wildman–Crippen MR) is 92.3 cm³/mol. The average Bonchev–Trinajstić information content (AvgIpc) is 2.77. The maximum Gasteiger partial charge on any atom is 0.185 e. The Morgan fingerprint density at radius 1 is 1.00 bits per heavy atom. The molecule has 2 fully saturated rings. The summed E-state index contributed by atoms with van der Waals surface area (Å²) < 4.78 is 23.3. The van der Waals surface area contributed by atoms with Gasteiger partial charge < -0.3 is 18.9 Å². The molecule has 0 spiro atoms. The summed E-state index contributed by atoms with van der Waals surface area (Å²) >= 11 is 0. The van der Waals surface area contributed by atoms with Crippen LogP contribution >= 0.6 is 0 Å². The van der Waals surface area contributed by atoms with Crippen LogP contribution in [-0.4, -0.2) is 55.6 Å². The van der Waals surface area contributed by atoms with Crippen LogP contribution in [0.1, 0.15) is 39.5 Å². The summed E-state index contributed by atoms with van der Waals surface area (Å²) in [5, 5.41) is 0. The van der Waals surface area contributed by atoms with Crippen LogP contribution in [0.2, 0.25) is 0 Å². The van der Waals surface area contributed by atoms with Gasteiger partial charge in [-0.25, -0.2) is 0 Å². The van der Waals surface area contributed by atoms with Crippen molar-refractivity contribution in [2.45, 2.75) is 45.2 Å². The van der Waals surface area contributed by atoms with Gasteiger partial charge in [-0.1, -0.05) is 12.1 Å². The molecule has 3 rings (SSSR count). The van der Waals surface area contributed by atoms with Crippen LogP contribution in [0.15, 0.2) is 24.3 Å². The molecule has 5 heteroatoms. The Hall–Kier alpha value is -1.14. The van der Waals surface area contributed by atoms with Crippen molar-refractivity contribution >= 4 is 0 Å². The van der Waals surface area contributed by atoms with Gasteiger partial charge in [0.25, 0.3) is 0 Å². The Morgan fingerprint density at radius 2 is 1.58 bits per heavy atom. The summed E-state index contributed by atoms with van der Waals surface area (Å²) in [6.07, 6.45) is -0.322. The minimum atomic E-state index is -0.322. The van der Waals surface area contributed by atoms with E-state index in [1.165, 1.54) is 0 Å². The summed E-state index contributed by atoms with van der Waals surface area (Å²) in [6.45, 7) is 13.5. The van der Waals surface area contributed by atoms with Crippen LogP contribution in [-0.2, 0) is 14.2 Å². The van der Waals surface area contributed by atoms with E-state index in [1.807, 2.05) is 24.3 Å². The van der Waals surface area contributed by atoms with Crippen molar-refractivity contribution in [3.63, 3.8) is 0 Å². The van der Waals surface area contributed by atoms with E-state index in [9.17, 15) is 0 Å². The minimum absolute atomic E-state index is 0.314. The highest BCUT2D eigenvalue weighted by atomic mass is 16.7. The second-order valence-corrected chi connectivity index (χ2v) is 7.46. The van der Waals surface area contributed by atoms with Crippen molar-refractivity contribution in [2.75, 3.05) is 39.5 Å². The molecule has 0 saturated carbocycles. The molecular formula is C19H29NO4. The maximum atomic E-state index is 6.07. The molecule has 0 atom stereocenters. The van der Waals surface area contributed by atoms with Crippen LogP contribution in [0.4, 0.5) is 0 Å². The molecule has 0 amide bonds. The molecule has 0 bridgehead atoms. The lowest BCUT2D eigenvalue weighted by molar-refractivity contribution is -0.0895. The maximum absolute atomic E-state index is 6.07. The fourth-order valence-corrected chi connectivity index (χ4v) is 2.82. The van der Waals surface area contributed by atoms with Crippen molar-refractivity contribution in [1.82, 2.24) is 4.90 Å². The van der Waals surface area contributed by atoms with E-state index < -0.39 is 0 Å². The zero-order valence-corrected chi connectivity index (χ0v) is 15.2. The van der Waals surface area contributed by atoms with Gasteiger partial charge in [0.2, 0.25) is 0 Å². The van der Waals surface area contributed by atoms with Gasteiger partial charge in [0, 0.05) is 25.2 Å². The molecule has 1 aromatic carbocycles. The topological polar surface area (TPSA) is 40.2 Å². The van der Waals surface area contributed by atoms with Gasteiger partial charge in [-0.2, -0.15) is 0 Å². The number of ether oxygens (including phenoxy) is 4. The van der Waals surface area contributed by atoms with Crippen LogP contribution in [0.25, 0.3) is 0 Å². The molecule has 24 heavy (non-hydrogen) atoms. The number of hydrogen-bond acceptors (Lipinski definition) is 5. The standard InChI is InChI=1S/C19H29NO4/c1-18(2)19(3,4)24-17(23-18)15-5-7-16(8-6-15)22-14-11-20-9-12-21-13-10-20/h5-8,17H,9-14H2,1-4H3. The largest absolute Gasteiger partial charge is 0.492 e. The first-order valence-electron chi connectivity index (χ1n) is 8.76. The third-order valence-corrected chi connectivity index (χ3v) is 5.19. The molecule has 2 aliphatic rings. The summed E-state index contributed by atoms with van der Waals surface area (Å²) in [4.78, 5) is 2.36. The highest BCUT2D eigenvalue weighted by molar-refractivity contribution is 5.28. The third-order valence-electron chi connectivity index (χ3n) is 5.19. The lowest BCUT2D eigenvalue weighted by atomic mass is 9.90. The number of morpholine rings is 1. The predicted octanol–water partition coefficient (Wildman–Crippen LogP) is 3.00. The van der Waals surface area contributed by atoms with Crippen LogP contribution in [0, 0.1) is 0 Å². The van der Waals surface area contributed by atoms with Gasteiger partial charge in [-0.3, -0.25) is 4.90 Å². The number of nitrogens with zero attached hydrogens (tertiary/aromatic N) is 1. The van der Waals surface area contributed by atoms with Crippen LogP contribution in [0.3, 0.4) is 0 Å².